The van der Waals surface area contributed by atoms with Crippen LogP contribution in [0.2, 0.25) is 0 Å². The van der Waals surface area contributed by atoms with E-state index in [1.54, 1.807) is 11.0 Å². The van der Waals surface area contributed by atoms with Crippen molar-refractivity contribution in [1.82, 2.24) is 20.9 Å². The number of Topliss-reactive ketones (excluding diaryl/α,β-unsaturated/α-hetero) is 1. The molecule has 4 N–H and O–H groups in total. The number of ether oxygens (including phenoxy) is 3. The number of amides is 5. The second-order valence-electron chi connectivity index (χ2n) is 12.6. The van der Waals surface area contributed by atoms with Crippen molar-refractivity contribution >= 4 is 35.2 Å². The number of anilines is 1. The van der Waals surface area contributed by atoms with Gasteiger partial charge in [0.15, 0.2) is 0 Å². The van der Waals surface area contributed by atoms with Crippen molar-refractivity contribution in [2.24, 2.45) is 11.8 Å². The highest BCUT2D eigenvalue weighted by atomic mass is 16.5. The van der Waals surface area contributed by atoms with Gasteiger partial charge in [0.05, 0.1) is 20.3 Å². The molecule has 2 aliphatic heterocycles. The van der Waals surface area contributed by atoms with Crippen LogP contribution in [0.4, 0.5) is 10.5 Å². The third-order valence-corrected chi connectivity index (χ3v) is 8.43. The van der Waals surface area contributed by atoms with Crippen molar-refractivity contribution in [3.63, 3.8) is 0 Å². The third kappa shape index (κ3) is 10.2. The average Bonchev–Trinajstić information content (AvgIpc) is 3.50. The summed E-state index contributed by atoms with van der Waals surface area (Å²) >= 11 is 0. The molecular weight excluding hydrogens is 618 g/mol. The van der Waals surface area contributed by atoms with Crippen molar-refractivity contribution in [2.45, 2.75) is 77.2 Å². The predicted octanol–water partition coefficient (Wildman–Crippen LogP) is 3.38. The van der Waals surface area contributed by atoms with Gasteiger partial charge in [0.2, 0.25) is 17.6 Å². The largest absolute Gasteiger partial charge is 0.497 e. The zero-order valence-corrected chi connectivity index (χ0v) is 28.1. The summed E-state index contributed by atoms with van der Waals surface area (Å²) in [4.78, 5) is 68.7. The lowest BCUT2D eigenvalue weighted by Crippen LogP contribution is -2.57. The van der Waals surface area contributed by atoms with Crippen LogP contribution in [-0.4, -0.2) is 80.1 Å². The fraction of sp³-hybridized carbons (Fsp3) is 0.514. The molecule has 2 fully saturated rings. The van der Waals surface area contributed by atoms with Gasteiger partial charge in [0, 0.05) is 49.5 Å². The van der Waals surface area contributed by atoms with Gasteiger partial charge in [0.25, 0.3) is 5.91 Å². The van der Waals surface area contributed by atoms with Crippen LogP contribution in [0.25, 0.3) is 0 Å². The van der Waals surface area contributed by atoms with E-state index >= 15 is 0 Å². The van der Waals surface area contributed by atoms with Crippen LogP contribution < -0.4 is 30.7 Å². The third-order valence-electron chi connectivity index (χ3n) is 8.43. The number of urea groups is 1. The molecule has 5 amide bonds. The van der Waals surface area contributed by atoms with Crippen molar-refractivity contribution < 1.29 is 38.2 Å². The highest BCUT2D eigenvalue weighted by Crippen LogP contribution is 2.26. The highest BCUT2D eigenvalue weighted by molar-refractivity contribution is 6.42. The van der Waals surface area contributed by atoms with Gasteiger partial charge in [-0.1, -0.05) is 44.2 Å². The summed E-state index contributed by atoms with van der Waals surface area (Å²) in [7, 11) is 2.92. The molecule has 0 aliphatic carbocycles. The van der Waals surface area contributed by atoms with Crippen molar-refractivity contribution in [2.75, 3.05) is 32.7 Å². The van der Waals surface area contributed by atoms with Crippen LogP contribution in [0.15, 0.2) is 48.5 Å². The minimum atomic E-state index is -1.33. The van der Waals surface area contributed by atoms with E-state index in [2.05, 4.69) is 21.3 Å². The predicted molar refractivity (Wildman–Crippen MR) is 178 cm³/mol. The average molecular weight is 666 g/mol. The Balaban J connectivity index is 1.54. The molecule has 0 spiro atoms. The Hall–Kier alpha value is -4.65. The van der Waals surface area contributed by atoms with Crippen molar-refractivity contribution in [3.05, 3.63) is 54.1 Å². The van der Waals surface area contributed by atoms with Crippen LogP contribution in [0.5, 0.6) is 11.5 Å². The summed E-state index contributed by atoms with van der Waals surface area (Å²) < 4.78 is 16.5. The zero-order chi connectivity index (χ0) is 34.6. The molecule has 13 nitrogen and oxygen atoms in total. The fourth-order valence-electron chi connectivity index (χ4n) is 5.88. The normalized spacial score (nSPS) is 18.6. The number of nitrogens with zero attached hydrogens (tertiary/aromatic N) is 1. The van der Waals surface area contributed by atoms with Crippen LogP contribution in [0.3, 0.4) is 0 Å². The number of benzene rings is 2. The van der Waals surface area contributed by atoms with E-state index in [-0.39, 0.29) is 36.9 Å². The molecule has 48 heavy (non-hydrogen) atoms. The molecule has 260 valence electrons. The first-order valence-electron chi connectivity index (χ1n) is 16.5. The van der Waals surface area contributed by atoms with Crippen LogP contribution >= 0.6 is 0 Å². The highest BCUT2D eigenvalue weighted by Gasteiger charge is 2.37. The van der Waals surface area contributed by atoms with Crippen LogP contribution in [0.1, 0.15) is 57.9 Å². The van der Waals surface area contributed by atoms with Crippen molar-refractivity contribution in [3.8, 4) is 11.5 Å². The lowest BCUT2D eigenvalue weighted by Gasteiger charge is -2.35. The molecule has 2 saturated heterocycles. The van der Waals surface area contributed by atoms with E-state index in [1.807, 2.05) is 44.2 Å². The molecule has 2 aromatic carbocycles. The van der Waals surface area contributed by atoms with E-state index in [1.165, 1.54) is 26.4 Å². The van der Waals surface area contributed by atoms with Gasteiger partial charge in [-0.15, -0.1) is 0 Å². The van der Waals surface area contributed by atoms with Crippen LogP contribution in [-0.2, 0) is 30.5 Å². The molecule has 0 bridgehead atoms. The van der Waals surface area contributed by atoms with Gasteiger partial charge in [0.1, 0.15) is 23.8 Å². The number of ketones is 1. The summed E-state index contributed by atoms with van der Waals surface area (Å²) in [5.74, 6) is -2.58. The molecule has 2 heterocycles. The smallest absolute Gasteiger partial charge is 0.320 e. The molecule has 4 rings (SSSR count). The number of hydrogen-bond acceptors (Lipinski definition) is 8. The lowest BCUT2D eigenvalue weighted by atomic mass is 9.94. The Bertz CT molecular complexity index is 1410. The van der Waals surface area contributed by atoms with Gasteiger partial charge >= 0.3 is 6.03 Å². The molecule has 0 radical (unpaired) electrons. The fourth-order valence-corrected chi connectivity index (χ4v) is 5.88. The second-order valence-corrected chi connectivity index (χ2v) is 12.6. The van der Waals surface area contributed by atoms with Gasteiger partial charge in [-0.05, 0) is 50.0 Å². The molecule has 2 aromatic rings. The summed E-state index contributed by atoms with van der Waals surface area (Å²) in [5, 5.41) is 10.9. The number of carbonyl (C=O) groups excluding carboxylic acids is 5. The quantitative estimate of drug-likeness (QED) is 0.210. The van der Waals surface area contributed by atoms with E-state index in [9.17, 15) is 24.0 Å². The zero-order valence-electron chi connectivity index (χ0n) is 28.1. The van der Waals surface area contributed by atoms with Gasteiger partial charge in [-0.25, -0.2) is 4.79 Å². The van der Waals surface area contributed by atoms with E-state index in [0.29, 0.717) is 37.5 Å². The van der Waals surface area contributed by atoms with Crippen LogP contribution in [0, 0.1) is 11.8 Å². The number of nitrogens with one attached hydrogen (secondary N) is 4. The minimum Gasteiger partial charge on any atom is -0.497 e. The van der Waals surface area contributed by atoms with Gasteiger partial charge < -0.3 is 35.5 Å². The standard InChI is InChI=1S/C35H47N5O8/c1-22(2)16-29(39-35(45)40(30-12-8-9-15-48-30)21-23-10-6-5-7-11-23)33(43)38-28(17-24-13-14-36-32(24)42)31(41)34(44)37-25-18-26(46-3)20-27(19-25)47-4/h5-7,10-11,18-20,22,24,28-30H,8-9,12-17,21H2,1-4H3,(H,36,42)(H,37,44)(H,38,43)(H,39,45)/t24-,28-,29-,30?/m0/s1. The van der Waals surface area contributed by atoms with E-state index in [4.69, 9.17) is 14.2 Å². The minimum absolute atomic E-state index is 0.00402. The number of carbonyl (C=O) groups is 5. The first kappa shape index (κ1) is 36.2. The van der Waals surface area contributed by atoms with E-state index in [0.717, 1.165) is 18.4 Å². The lowest BCUT2D eigenvalue weighted by molar-refractivity contribution is -0.138. The summed E-state index contributed by atoms with van der Waals surface area (Å²) in [6.45, 7) is 5.07. The van der Waals surface area contributed by atoms with Gasteiger partial charge in [-0.3, -0.25) is 24.1 Å². The van der Waals surface area contributed by atoms with Gasteiger partial charge in [-0.2, -0.15) is 0 Å². The summed E-state index contributed by atoms with van der Waals surface area (Å²) in [6.07, 6.45) is 2.65. The maximum absolute atomic E-state index is 13.9. The monoisotopic (exact) mass is 665 g/mol. The first-order valence-corrected chi connectivity index (χ1v) is 16.5. The Morgan fingerprint density at radius 2 is 1.67 bits per heavy atom. The molecule has 0 saturated carbocycles. The first-order chi connectivity index (χ1) is 23.1. The molecule has 0 aromatic heterocycles. The Morgan fingerprint density at radius 1 is 0.958 bits per heavy atom. The Labute approximate surface area is 281 Å². The van der Waals surface area contributed by atoms with E-state index < -0.39 is 47.9 Å². The number of hydrogen-bond donors (Lipinski definition) is 4. The summed E-state index contributed by atoms with van der Waals surface area (Å²) in [6, 6.07) is 11.4. The second kappa shape index (κ2) is 17.5. The SMILES string of the molecule is COc1cc(NC(=O)C(=O)[C@H](C[C@@H]2CCNC2=O)NC(=O)[C@H](CC(C)C)NC(=O)N(Cc2ccccc2)C2CCCCO2)cc(OC)c1. The number of rotatable bonds is 15. The summed E-state index contributed by atoms with van der Waals surface area (Å²) in [5.41, 5.74) is 1.16. The molecule has 1 unspecified atom stereocenters. The Kier molecular flexibility index (Phi) is 13.2. The molecular formula is C35H47N5O8. The maximum atomic E-state index is 13.9. The molecule has 13 heteroatoms. The topological polar surface area (TPSA) is 164 Å². The maximum Gasteiger partial charge on any atom is 0.320 e. The molecule has 4 atom stereocenters. The Morgan fingerprint density at radius 3 is 2.25 bits per heavy atom. The van der Waals surface area contributed by atoms with Crippen molar-refractivity contribution in [1.29, 1.82) is 0 Å². The molecule has 2 aliphatic rings. The number of methoxy groups -OCH3 is 2.